The van der Waals surface area contributed by atoms with Crippen molar-refractivity contribution in [3.8, 4) is 0 Å². The molecule has 1 atom stereocenters. The molecule has 0 saturated heterocycles. The first-order chi connectivity index (χ1) is 5.59. The smallest absolute Gasteiger partial charge is 0.0578 e. The van der Waals surface area contributed by atoms with E-state index in [1.807, 2.05) is 0 Å². The lowest BCUT2D eigenvalue weighted by Gasteiger charge is -2.03. The zero-order valence-corrected chi connectivity index (χ0v) is 8.61. The minimum Gasteiger partial charge on any atom is -0.320 e. The Bertz CT molecular complexity index is 282. The first-order valence-electron chi connectivity index (χ1n) is 4.06. The monoisotopic (exact) mass is 181 g/mol. The molecule has 2 heteroatoms. The van der Waals surface area contributed by atoms with Gasteiger partial charge in [0.1, 0.15) is 0 Å². The van der Waals surface area contributed by atoms with Crippen molar-refractivity contribution >= 4 is 11.3 Å². The molecule has 1 aromatic rings. The van der Waals surface area contributed by atoms with E-state index in [9.17, 15) is 0 Å². The summed E-state index contributed by atoms with van der Waals surface area (Å²) in [5, 5.41) is 0. The quantitative estimate of drug-likeness (QED) is 0.697. The number of rotatable bonds is 2. The highest BCUT2D eigenvalue weighted by Gasteiger charge is 2.03. The van der Waals surface area contributed by atoms with Crippen molar-refractivity contribution in [2.45, 2.75) is 26.8 Å². The molecule has 0 aliphatic carbocycles. The molecule has 66 valence electrons. The third kappa shape index (κ3) is 2.47. The summed E-state index contributed by atoms with van der Waals surface area (Å²) in [6.07, 6.45) is 2.09. The Kier molecular flexibility index (Phi) is 3.06. The van der Waals surface area contributed by atoms with E-state index in [4.69, 9.17) is 5.73 Å². The lowest BCUT2D eigenvalue weighted by atomic mass is 10.2. The Labute approximate surface area is 77.9 Å². The van der Waals surface area contributed by atoms with Crippen LogP contribution in [0.1, 0.15) is 29.6 Å². The van der Waals surface area contributed by atoms with Gasteiger partial charge in [-0.1, -0.05) is 11.6 Å². The van der Waals surface area contributed by atoms with Gasteiger partial charge in [0.05, 0.1) is 6.04 Å². The molecule has 1 unspecified atom stereocenters. The van der Waals surface area contributed by atoms with E-state index < -0.39 is 0 Å². The predicted molar refractivity (Wildman–Crippen MR) is 55.4 cm³/mol. The van der Waals surface area contributed by atoms with Crippen LogP contribution in [0.15, 0.2) is 23.8 Å². The molecule has 0 radical (unpaired) electrons. The SMILES string of the molecule is CC(C)=CC(N)c1ccc(C)s1. The molecule has 0 aromatic carbocycles. The molecule has 2 N–H and O–H groups in total. The van der Waals surface area contributed by atoms with E-state index in [1.54, 1.807) is 11.3 Å². The van der Waals surface area contributed by atoms with Crippen molar-refractivity contribution in [1.29, 1.82) is 0 Å². The van der Waals surface area contributed by atoms with E-state index in [0.29, 0.717) is 0 Å². The Balaban J connectivity index is 2.78. The molecular formula is C10H15NS. The van der Waals surface area contributed by atoms with Gasteiger partial charge in [0, 0.05) is 9.75 Å². The minimum atomic E-state index is 0.0775. The maximum Gasteiger partial charge on any atom is 0.0578 e. The summed E-state index contributed by atoms with van der Waals surface area (Å²) >= 11 is 1.77. The first kappa shape index (κ1) is 9.49. The van der Waals surface area contributed by atoms with Crippen molar-refractivity contribution in [2.24, 2.45) is 5.73 Å². The summed E-state index contributed by atoms with van der Waals surface area (Å²) < 4.78 is 0. The van der Waals surface area contributed by atoms with Crippen molar-refractivity contribution in [2.75, 3.05) is 0 Å². The molecule has 0 aliphatic heterocycles. The summed E-state index contributed by atoms with van der Waals surface area (Å²) in [5.74, 6) is 0. The molecule has 0 saturated carbocycles. The summed E-state index contributed by atoms with van der Waals surface area (Å²) in [4.78, 5) is 2.57. The highest BCUT2D eigenvalue weighted by atomic mass is 32.1. The van der Waals surface area contributed by atoms with Crippen molar-refractivity contribution in [3.63, 3.8) is 0 Å². The molecule has 0 spiro atoms. The maximum absolute atomic E-state index is 5.94. The van der Waals surface area contributed by atoms with Crippen LogP contribution < -0.4 is 5.73 Å². The molecule has 1 aromatic heterocycles. The molecule has 1 rings (SSSR count). The average molecular weight is 181 g/mol. The first-order valence-corrected chi connectivity index (χ1v) is 4.88. The van der Waals surface area contributed by atoms with Gasteiger partial charge in [0.2, 0.25) is 0 Å². The van der Waals surface area contributed by atoms with Gasteiger partial charge < -0.3 is 5.73 Å². The Morgan fingerprint density at radius 3 is 2.58 bits per heavy atom. The number of thiophene rings is 1. The van der Waals surface area contributed by atoms with E-state index in [1.165, 1.54) is 15.3 Å². The summed E-state index contributed by atoms with van der Waals surface area (Å²) in [5.41, 5.74) is 7.22. The van der Waals surface area contributed by atoms with Crippen LogP contribution in [-0.2, 0) is 0 Å². The molecule has 0 bridgehead atoms. The number of allylic oxidation sites excluding steroid dienone is 1. The van der Waals surface area contributed by atoms with Gasteiger partial charge in [0.15, 0.2) is 0 Å². The third-order valence-electron chi connectivity index (χ3n) is 1.60. The van der Waals surface area contributed by atoms with Crippen LogP contribution in [0.5, 0.6) is 0 Å². The molecule has 1 nitrogen and oxygen atoms in total. The van der Waals surface area contributed by atoms with Crippen LogP contribution in [0.2, 0.25) is 0 Å². The Hall–Kier alpha value is -0.600. The number of aryl methyl sites for hydroxylation is 1. The molecule has 12 heavy (non-hydrogen) atoms. The van der Waals surface area contributed by atoms with Crippen LogP contribution >= 0.6 is 11.3 Å². The van der Waals surface area contributed by atoms with E-state index >= 15 is 0 Å². The zero-order chi connectivity index (χ0) is 9.14. The van der Waals surface area contributed by atoms with E-state index in [0.717, 1.165) is 0 Å². The molecule has 1 heterocycles. The van der Waals surface area contributed by atoms with Crippen molar-refractivity contribution < 1.29 is 0 Å². The molecule has 0 fully saturated rings. The van der Waals surface area contributed by atoms with Crippen molar-refractivity contribution in [1.82, 2.24) is 0 Å². The molecule has 0 aliphatic rings. The number of hydrogen-bond donors (Lipinski definition) is 1. The van der Waals surface area contributed by atoms with Crippen LogP contribution in [0.25, 0.3) is 0 Å². The second kappa shape index (κ2) is 3.87. The van der Waals surface area contributed by atoms with Gasteiger partial charge >= 0.3 is 0 Å². The van der Waals surface area contributed by atoms with Gasteiger partial charge in [-0.3, -0.25) is 0 Å². The van der Waals surface area contributed by atoms with Crippen LogP contribution in [-0.4, -0.2) is 0 Å². The summed E-state index contributed by atoms with van der Waals surface area (Å²) in [6.45, 7) is 6.24. The summed E-state index contributed by atoms with van der Waals surface area (Å²) in [6, 6.07) is 4.29. The van der Waals surface area contributed by atoms with Gasteiger partial charge in [-0.05, 0) is 32.9 Å². The van der Waals surface area contributed by atoms with E-state index in [2.05, 4.69) is 39.0 Å². The predicted octanol–water partition coefficient (Wildman–Crippen LogP) is 3.02. The number of hydrogen-bond acceptors (Lipinski definition) is 2. The zero-order valence-electron chi connectivity index (χ0n) is 7.79. The molecule has 0 amide bonds. The molecular weight excluding hydrogens is 166 g/mol. The van der Waals surface area contributed by atoms with Gasteiger partial charge in [-0.15, -0.1) is 11.3 Å². The van der Waals surface area contributed by atoms with E-state index in [-0.39, 0.29) is 6.04 Å². The fraction of sp³-hybridized carbons (Fsp3) is 0.400. The lowest BCUT2D eigenvalue weighted by molar-refractivity contribution is 0.923. The normalized spacial score (nSPS) is 12.7. The topological polar surface area (TPSA) is 26.0 Å². The lowest BCUT2D eigenvalue weighted by Crippen LogP contribution is -2.04. The van der Waals surface area contributed by atoms with Gasteiger partial charge in [-0.25, -0.2) is 0 Å². The number of nitrogens with two attached hydrogens (primary N) is 1. The minimum absolute atomic E-state index is 0.0775. The maximum atomic E-state index is 5.94. The van der Waals surface area contributed by atoms with Crippen LogP contribution in [0, 0.1) is 6.92 Å². The van der Waals surface area contributed by atoms with Gasteiger partial charge in [0.25, 0.3) is 0 Å². The van der Waals surface area contributed by atoms with Gasteiger partial charge in [-0.2, -0.15) is 0 Å². The summed E-state index contributed by atoms with van der Waals surface area (Å²) in [7, 11) is 0. The average Bonchev–Trinajstić information content (AvgIpc) is 2.34. The second-order valence-electron chi connectivity index (χ2n) is 3.22. The van der Waals surface area contributed by atoms with Crippen LogP contribution in [0.4, 0.5) is 0 Å². The fourth-order valence-corrected chi connectivity index (χ4v) is 1.92. The second-order valence-corrected chi connectivity index (χ2v) is 4.54. The fourth-order valence-electron chi connectivity index (χ4n) is 1.07. The highest BCUT2D eigenvalue weighted by Crippen LogP contribution is 2.22. The largest absolute Gasteiger partial charge is 0.320 e. The Morgan fingerprint density at radius 1 is 1.50 bits per heavy atom. The third-order valence-corrected chi connectivity index (χ3v) is 2.70. The van der Waals surface area contributed by atoms with Crippen LogP contribution in [0.3, 0.4) is 0 Å². The standard InChI is InChI=1S/C10H15NS/c1-7(2)6-9(11)10-5-4-8(3)12-10/h4-6,9H,11H2,1-3H3. The Morgan fingerprint density at radius 2 is 2.17 bits per heavy atom. The highest BCUT2D eigenvalue weighted by molar-refractivity contribution is 7.12. The van der Waals surface area contributed by atoms with Crippen molar-refractivity contribution in [3.05, 3.63) is 33.5 Å².